The summed E-state index contributed by atoms with van der Waals surface area (Å²) in [5, 5.41) is 4.67. The normalized spacial score (nSPS) is 25.4. The van der Waals surface area contributed by atoms with Crippen LogP contribution in [0.15, 0.2) is 36.7 Å². The van der Waals surface area contributed by atoms with E-state index in [1.54, 1.807) is 30.1 Å². The first-order valence-corrected chi connectivity index (χ1v) is 8.66. The van der Waals surface area contributed by atoms with Crippen LogP contribution in [0.25, 0.3) is 5.69 Å². The van der Waals surface area contributed by atoms with E-state index >= 15 is 0 Å². The van der Waals surface area contributed by atoms with Crippen LogP contribution in [0.2, 0.25) is 5.02 Å². The lowest BCUT2D eigenvalue weighted by molar-refractivity contribution is 0.0489. The van der Waals surface area contributed by atoms with Gasteiger partial charge in [0.2, 0.25) is 0 Å². The second kappa shape index (κ2) is 6.44. The first-order chi connectivity index (χ1) is 12.1. The van der Waals surface area contributed by atoms with Gasteiger partial charge < -0.3 is 14.4 Å². The number of halogens is 1. The molecule has 3 heterocycles. The second-order valence-corrected chi connectivity index (χ2v) is 7.22. The van der Waals surface area contributed by atoms with Gasteiger partial charge in [-0.2, -0.15) is 5.10 Å². The van der Waals surface area contributed by atoms with E-state index in [0.29, 0.717) is 49.4 Å². The number of carbonyl (C=O) groups excluding carboxylic acids is 1. The molecule has 0 spiro atoms. The minimum absolute atomic E-state index is 0.0520. The van der Waals surface area contributed by atoms with Crippen LogP contribution in [-0.4, -0.2) is 60.6 Å². The van der Waals surface area contributed by atoms with Crippen LogP contribution in [0.1, 0.15) is 10.4 Å². The molecule has 0 N–H and O–H groups in total. The van der Waals surface area contributed by atoms with Crippen molar-refractivity contribution < 1.29 is 14.3 Å². The predicted octanol–water partition coefficient (Wildman–Crippen LogP) is 2.26. The SMILES string of the molecule is COC[C@@]12COC[C@@H]1CN(C(=O)c1cc(-n3cccn3)ccc1Cl)C2. The zero-order valence-electron chi connectivity index (χ0n) is 14.0. The van der Waals surface area contributed by atoms with E-state index in [-0.39, 0.29) is 11.3 Å². The third-order valence-corrected chi connectivity index (χ3v) is 5.52. The molecule has 2 fully saturated rings. The summed E-state index contributed by atoms with van der Waals surface area (Å²) in [4.78, 5) is 15.0. The van der Waals surface area contributed by atoms with Crippen LogP contribution < -0.4 is 0 Å². The number of ether oxygens (including phenoxy) is 2. The third kappa shape index (κ3) is 2.84. The summed E-state index contributed by atoms with van der Waals surface area (Å²) >= 11 is 6.32. The molecule has 2 aliphatic heterocycles. The van der Waals surface area contributed by atoms with Crippen molar-refractivity contribution >= 4 is 17.5 Å². The van der Waals surface area contributed by atoms with Crippen molar-refractivity contribution in [1.82, 2.24) is 14.7 Å². The number of benzene rings is 1. The standard InChI is InChI=1S/C18H20ClN3O3/c1-24-11-18-10-21(8-13(18)9-25-12-18)17(23)15-7-14(3-4-16(15)19)22-6-2-5-20-22/h2-7,13H,8-12H2,1H3/t13-,18-/m0/s1. The fourth-order valence-corrected chi connectivity index (χ4v) is 4.09. The summed E-state index contributed by atoms with van der Waals surface area (Å²) in [5.74, 6) is 0.258. The van der Waals surface area contributed by atoms with E-state index in [9.17, 15) is 4.79 Å². The number of amides is 1. The molecule has 0 bridgehead atoms. The number of likely N-dealkylation sites (tertiary alicyclic amines) is 1. The first kappa shape index (κ1) is 16.6. The van der Waals surface area contributed by atoms with Crippen LogP contribution in [0.5, 0.6) is 0 Å². The summed E-state index contributed by atoms with van der Waals surface area (Å²) in [5.41, 5.74) is 1.21. The summed E-state index contributed by atoms with van der Waals surface area (Å²) in [6.45, 7) is 3.21. The monoisotopic (exact) mass is 361 g/mol. The number of rotatable bonds is 4. The molecule has 132 valence electrons. The van der Waals surface area contributed by atoms with E-state index in [4.69, 9.17) is 21.1 Å². The Morgan fingerprint density at radius 3 is 3.16 bits per heavy atom. The number of aromatic nitrogens is 2. The van der Waals surface area contributed by atoms with Gasteiger partial charge in [-0.1, -0.05) is 11.6 Å². The van der Waals surface area contributed by atoms with E-state index in [1.807, 2.05) is 23.2 Å². The highest BCUT2D eigenvalue weighted by molar-refractivity contribution is 6.33. The van der Waals surface area contributed by atoms with Gasteiger partial charge in [-0.15, -0.1) is 0 Å². The largest absolute Gasteiger partial charge is 0.384 e. The zero-order valence-corrected chi connectivity index (χ0v) is 14.8. The van der Waals surface area contributed by atoms with Crippen molar-refractivity contribution in [2.75, 3.05) is 40.0 Å². The number of fused-ring (bicyclic) bond motifs is 1. The Kier molecular flexibility index (Phi) is 4.27. The molecule has 25 heavy (non-hydrogen) atoms. The smallest absolute Gasteiger partial charge is 0.255 e. The third-order valence-electron chi connectivity index (χ3n) is 5.19. The minimum atomic E-state index is -0.101. The van der Waals surface area contributed by atoms with Crippen molar-refractivity contribution in [2.24, 2.45) is 11.3 Å². The molecule has 0 unspecified atom stereocenters. The van der Waals surface area contributed by atoms with E-state index < -0.39 is 0 Å². The van der Waals surface area contributed by atoms with Gasteiger partial charge in [-0.25, -0.2) is 4.68 Å². The Balaban J connectivity index is 1.60. The molecule has 2 aromatic rings. The molecular weight excluding hydrogens is 342 g/mol. The van der Waals surface area contributed by atoms with E-state index in [0.717, 1.165) is 5.69 Å². The maximum atomic E-state index is 13.1. The number of nitrogens with zero attached hydrogens (tertiary/aromatic N) is 3. The molecule has 2 aliphatic rings. The molecule has 1 aromatic heterocycles. The van der Waals surface area contributed by atoms with Crippen LogP contribution >= 0.6 is 11.6 Å². The Bertz CT molecular complexity index is 780. The van der Waals surface area contributed by atoms with Crippen molar-refractivity contribution in [1.29, 1.82) is 0 Å². The summed E-state index contributed by atoms with van der Waals surface area (Å²) < 4.78 is 12.8. The van der Waals surface area contributed by atoms with Gasteiger partial charge in [0.15, 0.2) is 0 Å². The molecule has 0 aliphatic carbocycles. The Hall–Kier alpha value is -1.89. The quantitative estimate of drug-likeness (QED) is 0.838. The number of hydrogen-bond acceptors (Lipinski definition) is 4. The number of carbonyl (C=O) groups is 1. The molecule has 2 atom stereocenters. The van der Waals surface area contributed by atoms with Crippen molar-refractivity contribution in [3.8, 4) is 5.69 Å². The lowest BCUT2D eigenvalue weighted by atomic mass is 9.82. The minimum Gasteiger partial charge on any atom is -0.384 e. The fourth-order valence-electron chi connectivity index (χ4n) is 3.89. The first-order valence-electron chi connectivity index (χ1n) is 8.28. The molecule has 2 saturated heterocycles. The zero-order chi connectivity index (χ0) is 17.4. The Morgan fingerprint density at radius 1 is 1.52 bits per heavy atom. The van der Waals surface area contributed by atoms with Gasteiger partial charge in [0, 0.05) is 43.9 Å². The van der Waals surface area contributed by atoms with Gasteiger partial charge in [0.25, 0.3) is 5.91 Å². The van der Waals surface area contributed by atoms with Crippen molar-refractivity contribution in [2.45, 2.75) is 0 Å². The van der Waals surface area contributed by atoms with Crippen molar-refractivity contribution in [3.63, 3.8) is 0 Å². The van der Waals surface area contributed by atoms with Crippen LogP contribution in [0.3, 0.4) is 0 Å². The van der Waals surface area contributed by atoms with Crippen molar-refractivity contribution in [3.05, 3.63) is 47.2 Å². The predicted molar refractivity (Wildman–Crippen MR) is 93.1 cm³/mol. The lowest BCUT2D eigenvalue weighted by Crippen LogP contribution is -2.37. The maximum absolute atomic E-state index is 13.1. The molecule has 6 nitrogen and oxygen atoms in total. The van der Waals surface area contributed by atoms with Crippen LogP contribution in [0, 0.1) is 11.3 Å². The Labute approximate surface area is 151 Å². The average molecular weight is 362 g/mol. The highest BCUT2D eigenvalue weighted by atomic mass is 35.5. The summed E-state index contributed by atoms with van der Waals surface area (Å²) in [6.07, 6.45) is 3.54. The lowest BCUT2D eigenvalue weighted by Gasteiger charge is -2.26. The highest BCUT2D eigenvalue weighted by Crippen LogP contribution is 2.42. The van der Waals surface area contributed by atoms with Gasteiger partial charge in [-0.05, 0) is 24.3 Å². The van der Waals surface area contributed by atoms with Crippen LogP contribution in [-0.2, 0) is 9.47 Å². The highest BCUT2D eigenvalue weighted by Gasteiger charge is 2.52. The van der Waals surface area contributed by atoms with Gasteiger partial charge in [0.05, 0.1) is 36.1 Å². The average Bonchev–Trinajstić information content (AvgIpc) is 3.30. The maximum Gasteiger partial charge on any atom is 0.255 e. The molecule has 1 amide bonds. The molecule has 0 radical (unpaired) electrons. The summed E-state index contributed by atoms with van der Waals surface area (Å²) in [6, 6.07) is 7.24. The summed E-state index contributed by atoms with van der Waals surface area (Å²) in [7, 11) is 1.69. The number of methoxy groups -OCH3 is 1. The van der Waals surface area contributed by atoms with Gasteiger partial charge >= 0.3 is 0 Å². The van der Waals surface area contributed by atoms with E-state index in [2.05, 4.69) is 5.10 Å². The van der Waals surface area contributed by atoms with Crippen LogP contribution in [0.4, 0.5) is 0 Å². The molecule has 7 heteroatoms. The molecule has 4 rings (SSSR count). The van der Waals surface area contributed by atoms with Gasteiger partial charge in [0.1, 0.15) is 0 Å². The second-order valence-electron chi connectivity index (χ2n) is 6.81. The number of hydrogen-bond donors (Lipinski definition) is 0. The fraction of sp³-hybridized carbons (Fsp3) is 0.444. The topological polar surface area (TPSA) is 56.6 Å². The van der Waals surface area contributed by atoms with E-state index in [1.165, 1.54) is 0 Å². The molecular formula is C18H20ClN3O3. The Morgan fingerprint density at radius 2 is 2.40 bits per heavy atom. The molecule has 1 aromatic carbocycles. The molecule has 0 saturated carbocycles. The van der Waals surface area contributed by atoms with Gasteiger partial charge in [-0.3, -0.25) is 4.79 Å².